The van der Waals surface area contributed by atoms with Gasteiger partial charge >= 0.3 is 6.09 Å². The van der Waals surface area contributed by atoms with Gasteiger partial charge in [-0.1, -0.05) is 18.2 Å². The van der Waals surface area contributed by atoms with Crippen molar-refractivity contribution in [3.8, 4) is 11.1 Å². The summed E-state index contributed by atoms with van der Waals surface area (Å²) in [6.07, 6.45) is 1.87. The molecule has 0 aliphatic heterocycles. The summed E-state index contributed by atoms with van der Waals surface area (Å²) in [6, 6.07) is 13.6. The van der Waals surface area contributed by atoms with E-state index in [9.17, 15) is 14.0 Å². The maximum absolute atomic E-state index is 13.9. The van der Waals surface area contributed by atoms with Crippen molar-refractivity contribution in [2.45, 2.75) is 32.9 Å². The molecule has 0 bridgehead atoms. The highest BCUT2D eigenvalue weighted by molar-refractivity contribution is 6.05. The second-order valence-corrected chi connectivity index (χ2v) is 8.16. The molecule has 0 aliphatic carbocycles. The monoisotopic (exact) mass is 436 g/mol. The van der Waals surface area contributed by atoms with Gasteiger partial charge in [-0.25, -0.2) is 9.18 Å². The second kappa shape index (κ2) is 9.47. The molecule has 32 heavy (non-hydrogen) atoms. The number of halogens is 1. The average molecular weight is 436 g/mol. The first-order valence-electron chi connectivity index (χ1n) is 9.99. The number of hydrogen-bond donors (Lipinski definition) is 3. The summed E-state index contributed by atoms with van der Waals surface area (Å²) < 4.78 is 19.2. The molecule has 0 fully saturated rings. The fourth-order valence-electron chi connectivity index (χ4n) is 3.00. The topological polar surface area (TPSA) is 106 Å². The second-order valence-electron chi connectivity index (χ2n) is 8.16. The highest BCUT2D eigenvalue weighted by Gasteiger charge is 2.17. The number of aromatic nitrogens is 1. The van der Waals surface area contributed by atoms with Crippen molar-refractivity contribution in [3.05, 3.63) is 77.9 Å². The molecular formula is C24H25FN4O3. The minimum Gasteiger partial charge on any atom is -0.444 e. The van der Waals surface area contributed by atoms with Gasteiger partial charge in [0, 0.05) is 24.0 Å². The van der Waals surface area contributed by atoms with Gasteiger partial charge in [0.1, 0.15) is 5.60 Å². The van der Waals surface area contributed by atoms with Crippen LogP contribution in [-0.4, -0.2) is 22.6 Å². The molecule has 1 heterocycles. The zero-order valence-corrected chi connectivity index (χ0v) is 18.1. The van der Waals surface area contributed by atoms with Gasteiger partial charge in [-0.2, -0.15) is 0 Å². The summed E-state index contributed by atoms with van der Waals surface area (Å²) in [7, 11) is 0. The molecule has 3 aromatic rings. The van der Waals surface area contributed by atoms with Gasteiger partial charge in [-0.15, -0.1) is 0 Å². The summed E-state index contributed by atoms with van der Waals surface area (Å²) in [6.45, 7) is 5.53. The number of amides is 2. The van der Waals surface area contributed by atoms with Crippen LogP contribution in [0.2, 0.25) is 0 Å². The van der Waals surface area contributed by atoms with Crippen LogP contribution >= 0.6 is 0 Å². The van der Waals surface area contributed by atoms with Crippen LogP contribution in [0, 0.1) is 5.82 Å². The average Bonchev–Trinajstić information content (AvgIpc) is 2.72. The number of nitrogens with two attached hydrogens (primary N) is 1. The molecule has 0 saturated carbocycles. The number of rotatable bonds is 5. The molecule has 166 valence electrons. The number of benzene rings is 2. The summed E-state index contributed by atoms with van der Waals surface area (Å²) in [5, 5.41) is 5.27. The van der Waals surface area contributed by atoms with Crippen molar-refractivity contribution >= 4 is 23.4 Å². The predicted molar refractivity (Wildman–Crippen MR) is 122 cm³/mol. The Labute approximate surface area is 185 Å². The first kappa shape index (κ1) is 22.7. The lowest BCUT2D eigenvalue weighted by Crippen LogP contribution is -2.32. The number of carbonyl (C=O) groups excluding carboxylic acids is 2. The van der Waals surface area contributed by atoms with Crippen molar-refractivity contribution in [1.82, 2.24) is 10.3 Å². The Bertz CT molecular complexity index is 1140. The number of nitrogens with zero attached hydrogens (tertiary/aromatic N) is 1. The standard InChI is InChI=1S/C24H25FN4O3/c1-24(2,3)32-23(31)28-13-17-8-7-16(12-19(17)15-5-4-6-18(26)11-15)22(30)29-21-9-10-27-14-20(21)25/h4-12,14H,13,26H2,1-3H3,(H,28,31)(H,27,29,30). The number of alkyl carbamates (subject to hydrolysis) is 1. The van der Waals surface area contributed by atoms with Gasteiger partial charge in [0.05, 0.1) is 11.9 Å². The third kappa shape index (κ3) is 6.04. The number of pyridine rings is 1. The highest BCUT2D eigenvalue weighted by atomic mass is 19.1. The Hall–Kier alpha value is -3.94. The summed E-state index contributed by atoms with van der Waals surface area (Å²) in [5.74, 6) is -1.11. The van der Waals surface area contributed by atoms with Crippen molar-refractivity contribution in [2.75, 3.05) is 11.1 Å². The van der Waals surface area contributed by atoms with Gasteiger partial charge in [-0.05, 0) is 67.8 Å². The number of ether oxygens (including phenoxy) is 1. The first-order chi connectivity index (χ1) is 15.1. The molecule has 0 saturated heterocycles. The van der Waals surface area contributed by atoms with E-state index in [0.717, 1.165) is 17.3 Å². The van der Waals surface area contributed by atoms with Crippen molar-refractivity contribution in [3.63, 3.8) is 0 Å². The Kier molecular flexibility index (Phi) is 6.73. The van der Waals surface area contributed by atoms with Gasteiger partial charge in [-0.3, -0.25) is 9.78 Å². The lowest BCUT2D eigenvalue weighted by atomic mass is 9.96. The van der Waals surface area contributed by atoms with Crippen LogP contribution in [0.1, 0.15) is 36.7 Å². The molecule has 0 spiro atoms. The molecular weight excluding hydrogens is 411 g/mol. The Morgan fingerprint density at radius 3 is 2.59 bits per heavy atom. The predicted octanol–water partition coefficient (Wildman–Crippen LogP) is 4.75. The van der Waals surface area contributed by atoms with Crippen LogP contribution in [0.25, 0.3) is 11.1 Å². The van der Waals surface area contributed by atoms with E-state index in [2.05, 4.69) is 15.6 Å². The molecule has 3 rings (SSSR count). The van der Waals surface area contributed by atoms with Crippen LogP contribution in [0.5, 0.6) is 0 Å². The maximum Gasteiger partial charge on any atom is 0.407 e. The molecule has 0 atom stereocenters. The molecule has 2 amide bonds. The number of hydrogen-bond acceptors (Lipinski definition) is 5. The van der Waals surface area contributed by atoms with Crippen LogP contribution < -0.4 is 16.4 Å². The molecule has 1 aromatic heterocycles. The SMILES string of the molecule is CC(C)(C)OC(=O)NCc1ccc(C(=O)Nc2ccncc2F)cc1-c1cccc(N)c1. The van der Waals surface area contributed by atoms with Crippen LogP contribution in [0.15, 0.2) is 60.9 Å². The molecule has 0 radical (unpaired) electrons. The first-order valence-corrected chi connectivity index (χ1v) is 9.99. The van der Waals surface area contributed by atoms with Crippen LogP contribution in [0.4, 0.5) is 20.6 Å². The van der Waals surface area contributed by atoms with E-state index < -0.39 is 23.4 Å². The summed E-state index contributed by atoms with van der Waals surface area (Å²) in [4.78, 5) is 28.5. The number of anilines is 2. The lowest BCUT2D eigenvalue weighted by Gasteiger charge is -2.20. The Balaban J connectivity index is 1.90. The van der Waals surface area contributed by atoms with Gasteiger partial charge in [0.25, 0.3) is 5.91 Å². The lowest BCUT2D eigenvalue weighted by molar-refractivity contribution is 0.0523. The normalized spacial score (nSPS) is 11.0. The smallest absolute Gasteiger partial charge is 0.407 e. The van der Waals surface area contributed by atoms with E-state index in [-0.39, 0.29) is 12.2 Å². The molecule has 8 heteroatoms. The molecule has 0 unspecified atom stereocenters. The zero-order valence-electron chi connectivity index (χ0n) is 18.1. The Morgan fingerprint density at radius 2 is 1.91 bits per heavy atom. The van der Waals surface area contributed by atoms with Gasteiger partial charge in [0.2, 0.25) is 0 Å². The fraction of sp³-hybridized carbons (Fsp3) is 0.208. The molecule has 4 N–H and O–H groups in total. The van der Waals surface area contributed by atoms with E-state index in [0.29, 0.717) is 16.8 Å². The maximum atomic E-state index is 13.9. The quantitative estimate of drug-likeness (QED) is 0.501. The summed E-state index contributed by atoms with van der Waals surface area (Å²) in [5.41, 5.74) is 8.46. The number of nitrogens with one attached hydrogen (secondary N) is 2. The van der Waals surface area contributed by atoms with E-state index in [1.165, 1.54) is 12.3 Å². The van der Waals surface area contributed by atoms with E-state index in [1.807, 2.05) is 6.07 Å². The van der Waals surface area contributed by atoms with Crippen LogP contribution in [0.3, 0.4) is 0 Å². The number of nitrogen functional groups attached to an aromatic ring is 1. The minimum atomic E-state index is -0.630. The number of carbonyl (C=O) groups is 2. The summed E-state index contributed by atoms with van der Waals surface area (Å²) >= 11 is 0. The highest BCUT2D eigenvalue weighted by Crippen LogP contribution is 2.27. The van der Waals surface area contributed by atoms with Gasteiger partial charge < -0.3 is 21.1 Å². The Morgan fingerprint density at radius 1 is 1.12 bits per heavy atom. The van der Waals surface area contributed by atoms with E-state index in [1.54, 1.807) is 57.2 Å². The minimum absolute atomic E-state index is 0.0335. The van der Waals surface area contributed by atoms with E-state index in [4.69, 9.17) is 10.5 Å². The van der Waals surface area contributed by atoms with Crippen molar-refractivity contribution in [2.24, 2.45) is 0 Å². The molecule has 0 aliphatic rings. The fourth-order valence-corrected chi connectivity index (χ4v) is 3.00. The van der Waals surface area contributed by atoms with Crippen LogP contribution in [-0.2, 0) is 11.3 Å². The largest absolute Gasteiger partial charge is 0.444 e. The third-order valence-corrected chi connectivity index (χ3v) is 4.41. The third-order valence-electron chi connectivity index (χ3n) is 4.41. The van der Waals surface area contributed by atoms with Gasteiger partial charge in [0.15, 0.2) is 5.82 Å². The zero-order chi connectivity index (χ0) is 23.3. The van der Waals surface area contributed by atoms with E-state index >= 15 is 0 Å². The van der Waals surface area contributed by atoms with Crippen molar-refractivity contribution < 1.29 is 18.7 Å². The van der Waals surface area contributed by atoms with Crippen molar-refractivity contribution in [1.29, 1.82) is 0 Å². The molecule has 2 aromatic carbocycles. The molecule has 7 nitrogen and oxygen atoms in total.